The topological polar surface area (TPSA) is 67.2 Å². The second-order valence-corrected chi connectivity index (χ2v) is 8.19. The third-order valence-electron chi connectivity index (χ3n) is 5.88. The van der Waals surface area contributed by atoms with Crippen LogP contribution in [0.4, 0.5) is 0 Å². The number of hydrogen-bond acceptors (Lipinski definition) is 5. The summed E-state index contributed by atoms with van der Waals surface area (Å²) in [4.78, 5) is 26.7. The van der Waals surface area contributed by atoms with Crippen LogP contribution in [0.5, 0.6) is 0 Å². The minimum absolute atomic E-state index is 0.0335. The number of aromatic nitrogens is 4. The van der Waals surface area contributed by atoms with Crippen LogP contribution in [-0.4, -0.2) is 55.6 Å². The maximum atomic E-state index is 12.9. The van der Waals surface area contributed by atoms with Crippen molar-refractivity contribution in [1.82, 2.24) is 29.5 Å². The van der Waals surface area contributed by atoms with Crippen LogP contribution in [0.1, 0.15) is 60.2 Å². The van der Waals surface area contributed by atoms with Crippen LogP contribution in [0, 0.1) is 13.8 Å². The Balaban J connectivity index is 1.39. The smallest absolute Gasteiger partial charge is 0.223 e. The van der Waals surface area contributed by atoms with Crippen LogP contribution in [0.25, 0.3) is 0 Å². The number of fused-ring (bicyclic) bond motifs is 1. The first kappa shape index (κ1) is 19.1. The first-order valence-electron chi connectivity index (χ1n) is 10.3. The van der Waals surface area contributed by atoms with E-state index in [0.29, 0.717) is 6.42 Å². The van der Waals surface area contributed by atoms with Gasteiger partial charge in [-0.25, -0.2) is 9.97 Å². The molecule has 2 aromatic rings. The summed E-state index contributed by atoms with van der Waals surface area (Å²) in [6.45, 7) is 7.60. The zero-order chi connectivity index (χ0) is 19.7. The number of aryl methyl sites for hydroxylation is 3. The third kappa shape index (κ3) is 3.94. The van der Waals surface area contributed by atoms with Gasteiger partial charge >= 0.3 is 0 Å². The second-order valence-electron chi connectivity index (χ2n) is 8.19. The van der Waals surface area contributed by atoms with Gasteiger partial charge in [-0.05, 0) is 46.2 Å². The fraction of sp³-hybridized carbons (Fsp3) is 0.619. The van der Waals surface area contributed by atoms with Gasteiger partial charge in [-0.3, -0.25) is 9.48 Å². The monoisotopic (exact) mass is 382 g/mol. The quantitative estimate of drug-likeness (QED) is 0.794. The molecule has 7 nitrogen and oxygen atoms in total. The Labute approximate surface area is 166 Å². The predicted molar refractivity (Wildman–Crippen MR) is 107 cm³/mol. The van der Waals surface area contributed by atoms with Gasteiger partial charge in [-0.15, -0.1) is 0 Å². The van der Waals surface area contributed by atoms with Gasteiger partial charge in [-0.2, -0.15) is 5.10 Å². The summed E-state index contributed by atoms with van der Waals surface area (Å²) in [5.41, 5.74) is 4.56. The Kier molecular flexibility index (Phi) is 5.44. The first-order valence-corrected chi connectivity index (χ1v) is 10.3. The number of carbonyl (C=O) groups excluding carboxylic acids is 1. The molecule has 0 unspecified atom stereocenters. The van der Waals surface area contributed by atoms with Gasteiger partial charge in [0.25, 0.3) is 0 Å². The molecule has 2 aromatic heterocycles. The van der Waals surface area contributed by atoms with E-state index in [-0.39, 0.29) is 11.9 Å². The molecule has 1 atom stereocenters. The van der Waals surface area contributed by atoms with E-state index in [0.717, 1.165) is 74.8 Å². The van der Waals surface area contributed by atoms with E-state index in [1.165, 1.54) is 5.56 Å². The summed E-state index contributed by atoms with van der Waals surface area (Å²) in [6, 6.07) is 2.11. The minimum atomic E-state index is 0.0335. The van der Waals surface area contributed by atoms with Crippen LogP contribution in [0.15, 0.2) is 12.3 Å². The van der Waals surface area contributed by atoms with Crippen LogP contribution in [0.3, 0.4) is 0 Å². The van der Waals surface area contributed by atoms with Crippen molar-refractivity contribution in [3.63, 3.8) is 0 Å². The van der Waals surface area contributed by atoms with E-state index >= 15 is 0 Å². The molecule has 4 heterocycles. The zero-order valence-corrected chi connectivity index (χ0v) is 17.2. The third-order valence-corrected chi connectivity index (χ3v) is 5.88. The van der Waals surface area contributed by atoms with Gasteiger partial charge < -0.3 is 9.80 Å². The number of rotatable bonds is 5. The highest BCUT2D eigenvalue weighted by Gasteiger charge is 2.32. The summed E-state index contributed by atoms with van der Waals surface area (Å²) in [7, 11) is 2.13. The maximum absolute atomic E-state index is 12.9. The lowest BCUT2D eigenvalue weighted by Gasteiger charge is -2.27. The van der Waals surface area contributed by atoms with Crippen molar-refractivity contribution in [3.05, 3.63) is 40.7 Å². The first-order chi connectivity index (χ1) is 13.5. The molecular formula is C21H30N6O. The lowest BCUT2D eigenvalue weighted by atomic mass is 10.1. The molecule has 0 bridgehead atoms. The molecule has 1 fully saturated rings. The molecule has 2 aliphatic rings. The Morgan fingerprint density at radius 1 is 1.29 bits per heavy atom. The molecule has 0 aliphatic carbocycles. The van der Waals surface area contributed by atoms with Gasteiger partial charge in [0.2, 0.25) is 5.91 Å². The van der Waals surface area contributed by atoms with E-state index in [1.807, 2.05) is 22.7 Å². The molecule has 1 saturated heterocycles. The van der Waals surface area contributed by atoms with Crippen LogP contribution in [0.2, 0.25) is 0 Å². The maximum Gasteiger partial charge on any atom is 0.223 e. The number of carbonyl (C=O) groups is 1. The minimum Gasteiger partial charge on any atom is -0.332 e. The van der Waals surface area contributed by atoms with Gasteiger partial charge in [0.15, 0.2) is 5.82 Å². The van der Waals surface area contributed by atoms with Crippen molar-refractivity contribution < 1.29 is 4.79 Å². The van der Waals surface area contributed by atoms with E-state index in [9.17, 15) is 4.79 Å². The normalized spacial score (nSPS) is 19.8. The van der Waals surface area contributed by atoms with Crippen molar-refractivity contribution in [3.8, 4) is 0 Å². The van der Waals surface area contributed by atoms with E-state index in [4.69, 9.17) is 4.98 Å². The van der Waals surface area contributed by atoms with Crippen LogP contribution >= 0.6 is 0 Å². The highest BCUT2D eigenvalue weighted by molar-refractivity contribution is 5.76. The lowest BCUT2D eigenvalue weighted by Crippen LogP contribution is -2.33. The van der Waals surface area contributed by atoms with Gasteiger partial charge in [0.1, 0.15) is 0 Å². The van der Waals surface area contributed by atoms with Crippen molar-refractivity contribution in [2.45, 2.75) is 65.1 Å². The van der Waals surface area contributed by atoms with Crippen LogP contribution in [-0.2, 0) is 24.3 Å². The zero-order valence-electron chi connectivity index (χ0n) is 17.2. The molecule has 0 N–H and O–H groups in total. The Bertz CT molecular complexity index is 861. The van der Waals surface area contributed by atoms with Crippen molar-refractivity contribution in [2.24, 2.45) is 0 Å². The largest absolute Gasteiger partial charge is 0.332 e. The molecule has 7 heteroatoms. The second kappa shape index (κ2) is 7.99. The molecule has 0 spiro atoms. The molecule has 150 valence electrons. The molecule has 1 amide bonds. The van der Waals surface area contributed by atoms with Crippen LogP contribution < -0.4 is 0 Å². The average Bonchev–Trinajstić information content (AvgIpc) is 3.28. The van der Waals surface area contributed by atoms with E-state index < -0.39 is 0 Å². The number of likely N-dealkylation sites (N-methyl/N-ethyl adjacent to an activating group) is 1. The molecule has 0 radical (unpaired) electrons. The highest BCUT2D eigenvalue weighted by atomic mass is 16.2. The summed E-state index contributed by atoms with van der Waals surface area (Å²) in [6.07, 6.45) is 6.27. The summed E-state index contributed by atoms with van der Waals surface area (Å²) in [5, 5.41) is 4.48. The van der Waals surface area contributed by atoms with Crippen molar-refractivity contribution in [1.29, 1.82) is 0 Å². The number of amides is 1. The standard InChI is InChI=1S/C21H30N6O/c1-15-12-16(2)27(24-15)10-5-7-20(28)26-9-4-6-19(26)21-22-13-17-14-25(3)11-8-18(17)23-21/h12-13,19H,4-11,14H2,1-3H3/t19-/m1/s1. The van der Waals surface area contributed by atoms with Crippen molar-refractivity contribution >= 4 is 5.91 Å². The highest BCUT2D eigenvalue weighted by Crippen LogP contribution is 2.31. The Hall–Kier alpha value is -2.28. The number of hydrogen-bond donors (Lipinski definition) is 0. The molecule has 2 aliphatic heterocycles. The van der Waals surface area contributed by atoms with E-state index in [1.54, 1.807) is 0 Å². The summed E-state index contributed by atoms with van der Waals surface area (Å²) in [5.74, 6) is 1.04. The fourth-order valence-electron chi connectivity index (χ4n) is 4.39. The number of likely N-dealkylation sites (tertiary alicyclic amines) is 1. The Morgan fingerprint density at radius 3 is 2.93 bits per heavy atom. The molecule has 0 saturated carbocycles. The molecule has 4 rings (SSSR count). The van der Waals surface area contributed by atoms with Gasteiger partial charge in [0.05, 0.1) is 11.7 Å². The predicted octanol–water partition coefficient (Wildman–Crippen LogP) is 2.42. The van der Waals surface area contributed by atoms with Crippen molar-refractivity contribution in [2.75, 3.05) is 20.1 Å². The molecule has 28 heavy (non-hydrogen) atoms. The van der Waals surface area contributed by atoms with Gasteiger partial charge in [-0.1, -0.05) is 0 Å². The number of nitrogens with zero attached hydrogens (tertiary/aromatic N) is 6. The summed E-state index contributed by atoms with van der Waals surface area (Å²) >= 11 is 0. The summed E-state index contributed by atoms with van der Waals surface area (Å²) < 4.78 is 1.99. The van der Waals surface area contributed by atoms with Gasteiger partial charge in [0, 0.05) is 62.2 Å². The fourth-order valence-corrected chi connectivity index (χ4v) is 4.39. The molecule has 0 aromatic carbocycles. The Morgan fingerprint density at radius 2 is 2.14 bits per heavy atom. The average molecular weight is 383 g/mol. The van der Waals surface area contributed by atoms with E-state index in [2.05, 4.69) is 35.0 Å². The lowest BCUT2D eigenvalue weighted by molar-refractivity contribution is -0.132. The molecular weight excluding hydrogens is 352 g/mol. The SMILES string of the molecule is Cc1cc(C)n(CCCC(=O)N2CCC[C@@H]2c2ncc3c(n2)CCN(C)C3)n1.